The smallest absolute Gasteiger partial charge is 0.330 e. The van der Waals surface area contributed by atoms with Crippen molar-refractivity contribution in [2.24, 2.45) is 0 Å². The highest BCUT2D eigenvalue weighted by Crippen LogP contribution is 2.45. The number of hydrogen-bond donors (Lipinski definition) is 5. The molecule has 6 aromatic carbocycles. The van der Waals surface area contributed by atoms with E-state index in [0.717, 1.165) is 66.9 Å². The lowest BCUT2D eigenvalue weighted by molar-refractivity contribution is -0.114. The van der Waals surface area contributed by atoms with Crippen molar-refractivity contribution in [2.75, 3.05) is 120 Å². The number of nitrogens with zero attached hydrogens (tertiary/aromatic N) is 12. The van der Waals surface area contributed by atoms with Crippen LogP contribution in [0.15, 0.2) is 135 Å². The summed E-state index contributed by atoms with van der Waals surface area (Å²) in [4.78, 5) is 89.0. The number of methoxy groups -OCH3 is 6. The van der Waals surface area contributed by atoms with Crippen LogP contribution in [0.3, 0.4) is 0 Å². The predicted molar refractivity (Wildman–Crippen MR) is 403 cm³/mol. The molecule has 12 rings (SSSR count). The molecule has 0 saturated heterocycles. The highest BCUT2D eigenvalue weighted by atomic mass is 35.5. The number of anilines is 13. The van der Waals surface area contributed by atoms with E-state index < -0.39 is 150 Å². The van der Waals surface area contributed by atoms with Crippen molar-refractivity contribution in [2.45, 2.75) is 45.3 Å². The van der Waals surface area contributed by atoms with Gasteiger partial charge in [0.05, 0.1) is 105 Å². The fraction of sp³-hybridized carbons (Fsp3) is 0.219. The Morgan fingerprint density at radius 1 is 0.470 bits per heavy atom. The molecule has 0 bridgehead atoms. The number of carbonyl (C=O) groups is 5. The molecule has 608 valence electrons. The maximum absolute atomic E-state index is 15.2. The topological polar surface area (TPSA) is 340 Å². The number of para-hydroxylation sites is 5. The Morgan fingerprint density at radius 2 is 0.765 bits per heavy atom. The van der Waals surface area contributed by atoms with Crippen LogP contribution in [0.2, 0.25) is 5.28 Å². The van der Waals surface area contributed by atoms with Gasteiger partial charge in [0.2, 0.25) is 22.4 Å². The summed E-state index contributed by atoms with van der Waals surface area (Å²) >= 11 is 10.4. The van der Waals surface area contributed by atoms with Crippen LogP contribution in [-0.2, 0) is 35.6 Å². The lowest BCUT2D eigenvalue weighted by atomic mass is 10.1. The van der Waals surface area contributed by atoms with Crippen LogP contribution >= 0.6 is 23.2 Å². The number of ether oxygens (including phenoxy) is 6. The quantitative estimate of drug-likeness (QED) is 0.0131. The van der Waals surface area contributed by atoms with Crippen molar-refractivity contribution in [3.63, 3.8) is 0 Å². The fourth-order valence-electron chi connectivity index (χ4n) is 10.9. The summed E-state index contributed by atoms with van der Waals surface area (Å²) in [6.45, 7) is 2.10. The minimum absolute atomic E-state index is 0.0115. The molecule has 0 unspecified atom stereocenters. The Morgan fingerprint density at radius 3 is 1.07 bits per heavy atom. The van der Waals surface area contributed by atoms with Gasteiger partial charge in [0.15, 0.2) is 75.2 Å². The molecule has 3 aromatic heterocycles. The average Bonchev–Trinajstić information content (AvgIpc) is 0.759. The largest absolute Gasteiger partial charge is 0.493 e. The average molecular weight is 1660 g/mol. The van der Waals surface area contributed by atoms with Gasteiger partial charge >= 0.3 is 18.1 Å². The summed E-state index contributed by atoms with van der Waals surface area (Å²) in [6, 6.07) is 20.3. The van der Waals surface area contributed by atoms with Crippen LogP contribution in [0, 0.1) is 34.9 Å². The van der Waals surface area contributed by atoms with Crippen molar-refractivity contribution in [3.8, 4) is 34.5 Å². The molecule has 0 spiro atoms. The first-order chi connectivity index (χ1) is 54.8. The van der Waals surface area contributed by atoms with Gasteiger partial charge < -0.3 is 56.3 Å². The third-order valence-electron chi connectivity index (χ3n) is 16.3. The van der Waals surface area contributed by atoms with Crippen LogP contribution in [0.1, 0.15) is 22.3 Å². The Labute approximate surface area is 656 Å². The van der Waals surface area contributed by atoms with Gasteiger partial charge in [-0.3, -0.25) is 39.0 Å². The van der Waals surface area contributed by atoms with Crippen molar-refractivity contribution in [1.29, 1.82) is 0 Å². The van der Waals surface area contributed by atoms with E-state index in [9.17, 15) is 59.1 Å². The molecular weight excluding hydrogens is 1590 g/mol. The number of hydrogen-bond acceptors (Lipinski definition) is 22. The second-order valence-electron chi connectivity index (χ2n) is 23.4. The Balaban J connectivity index is 0.000000201. The molecule has 3 aliphatic heterocycles. The van der Waals surface area contributed by atoms with Gasteiger partial charge in [-0.15, -0.1) is 0 Å². The maximum atomic E-state index is 15.2. The number of carbonyl (C=O) groups excluding carboxylic acids is 5. The van der Waals surface area contributed by atoms with Crippen LogP contribution < -0.4 is 85.7 Å². The first-order valence-corrected chi connectivity index (χ1v) is 33.7. The summed E-state index contributed by atoms with van der Waals surface area (Å²) in [5.41, 5.74) is 18.0. The number of aromatic nitrogens is 6. The number of allylic oxidation sites excluding steroid dienone is 2. The first kappa shape index (κ1) is 87.3. The minimum Gasteiger partial charge on any atom is -0.493 e. The van der Waals surface area contributed by atoms with Crippen LogP contribution in [0.5, 0.6) is 34.5 Å². The number of rotatable bonds is 23. The molecule has 0 aliphatic carbocycles. The van der Waals surface area contributed by atoms with Crippen molar-refractivity contribution >= 4 is 127 Å². The second-order valence-corrected chi connectivity index (χ2v) is 24.1. The molecule has 3 aliphatic rings. The van der Waals surface area contributed by atoms with Gasteiger partial charge in [0, 0.05) is 65.6 Å². The number of benzene rings is 6. The molecular formula is C73H67Cl2F12N17O11. The zero-order chi connectivity index (χ0) is 84.4. The third-order valence-corrected chi connectivity index (χ3v) is 16.6. The van der Waals surface area contributed by atoms with Gasteiger partial charge in [0.25, 0.3) is 19.3 Å². The number of amides is 6. The van der Waals surface area contributed by atoms with Crippen LogP contribution in [-0.4, -0.2) is 141 Å². The molecule has 0 radical (unpaired) electrons. The minimum atomic E-state index is -2.99. The highest BCUT2D eigenvalue weighted by Gasteiger charge is 2.43. The lowest BCUT2D eigenvalue weighted by Gasteiger charge is -2.36. The lowest BCUT2D eigenvalue weighted by Crippen LogP contribution is -2.50. The summed E-state index contributed by atoms with van der Waals surface area (Å²) in [5, 5.41) is 5.02. The Bertz CT molecular complexity index is 5010. The molecule has 8 N–H and O–H groups in total. The number of fused-ring (bicyclic) bond motifs is 3. The van der Waals surface area contributed by atoms with E-state index in [1.54, 1.807) is 60.7 Å². The van der Waals surface area contributed by atoms with Crippen molar-refractivity contribution in [3.05, 3.63) is 197 Å². The fourth-order valence-corrected chi connectivity index (χ4v) is 11.1. The van der Waals surface area contributed by atoms with E-state index in [1.807, 2.05) is 12.1 Å². The summed E-state index contributed by atoms with van der Waals surface area (Å²) in [7, 11) is 6.88. The first-order valence-electron chi connectivity index (χ1n) is 33.0. The van der Waals surface area contributed by atoms with E-state index in [-0.39, 0.29) is 81.6 Å². The predicted octanol–water partition coefficient (Wildman–Crippen LogP) is 14.8. The van der Waals surface area contributed by atoms with E-state index in [2.05, 4.69) is 53.7 Å². The summed E-state index contributed by atoms with van der Waals surface area (Å²) in [6.07, 6.45) is -2.88. The van der Waals surface area contributed by atoms with Crippen molar-refractivity contribution < 1.29 is 105 Å². The Kier molecular flexibility index (Phi) is 29.8. The van der Waals surface area contributed by atoms with Crippen molar-refractivity contribution in [1.82, 2.24) is 29.9 Å². The molecule has 115 heavy (non-hydrogen) atoms. The third kappa shape index (κ3) is 20.5. The standard InChI is InChI=1S/C26H23F4N5O4.C22H20F4N6O3.C16H13ClF4N4O3.C6H8N2.C3H3ClO/c1-4-16(36)9-14-7-5-6-8-17(14)32-25-31-11-15-12-34(26(37)35(13-20(27)28)24(15)33-25)23-21(29)18(38-2)10-19(39-3)22(23)30;1-34-14-7-15(35-2)18(26)19(17(14)25)31-9-11-8-28-21(29-13-6-4-3-5-12(13)27)30-20(11)32(22(31)33)10-16(23)24;1-27-8-3-9(28-2)12(21)13(11(8)20)24-5-7-4-22-15(17)23-14(7)25(16(24)26)6-10(18)19;7-5-3-1-2-4-6(5)8;1-2-3(4)5/h4-8,10-11,20H,1,9,12-13H2,2-3H3,(H,31,32,33);3-8,16H,9-10,27H2,1-2H3,(H,28,29,30);3-4,10H,5-6H2,1-2H3;1-4H,7-8H2;2H,1H2. The normalized spacial score (nSPS) is 12.6. The monoisotopic (exact) mass is 1660 g/mol. The number of urea groups is 3. The number of halogens is 14. The zero-order valence-corrected chi connectivity index (χ0v) is 62.5. The summed E-state index contributed by atoms with van der Waals surface area (Å²) < 4.78 is 200. The molecule has 28 nitrogen and oxygen atoms in total. The number of nitrogens with one attached hydrogen (secondary N) is 2. The van der Waals surface area contributed by atoms with Gasteiger partial charge in [-0.1, -0.05) is 55.6 Å². The molecule has 9 aromatic rings. The second kappa shape index (κ2) is 39.3. The van der Waals surface area contributed by atoms with Gasteiger partial charge in [-0.2, -0.15) is 15.0 Å². The summed E-state index contributed by atoms with van der Waals surface area (Å²) in [5.74, 6) is -10.3. The SMILES string of the molecule is C=CC(=O)Cc1ccccc1Nc1ncc2c(n1)N(CC(F)F)C(=O)N(c1c(F)c(OC)cc(OC)c1F)C2.C=CC(=O)Cl.COc1cc(OC)c(F)c(N2Cc3cnc(Cl)nc3N(CC(F)F)C2=O)c1F.COc1cc(OC)c(F)c(N2Cc3cnc(Nc4ccccc4N)nc3N(CC(F)F)C2=O)c1F.Nc1ccccc1N. The number of alkyl halides is 6. The molecule has 0 saturated carbocycles. The van der Waals surface area contributed by atoms with Crippen LogP contribution in [0.25, 0.3) is 0 Å². The Hall–Kier alpha value is -13.3. The van der Waals surface area contributed by atoms with Gasteiger partial charge in [-0.25, -0.2) is 82.0 Å². The molecule has 42 heteroatoms. The maximum Gasteiger partial charge on any atom is 0.330 e. The van der Waals surface area contributed by atoms with E-state index in [4.69, 9.17) is 68.8 Å². The molecule has 0 fully saturated rings. The number of nitrogens with two attached hydrogens (primary N) is 3. The van der Waals surface area contributed by atoms with Gasteiger partial charge in [-0.05, 0) is 71.2 Å². The molecule has 0 atom stereocenters. The van der Waals surface area contributed by atoms with Crippen LogP contribution in [0.4, 0.5) is 142 Å². The molecule has 6 amide bonds. The highest BCUT2D eigenvalue weighted by molar-refractivity contribution is 6.66. The number of nitrogen functional groups attached to an aromatic ring is 3. The zero-order valence-electron chi connectivity index (χ0n) is 61.0. The molecule has 6 heterocycles. The van der Waals surface area contributed by atoms with Gasteiger partial charge in [0.1, 0.15) is 34.5 Å². The number of ketones is 1. The van der Waals surface area contributed by atoms with E-state index in [0.29, 0.717) is 63.4 Å². The van der Waals surface area contributed by atoms with E-state index >= 15 is 17.6 Å². The van der Waals surface area contributed by atoms with E-state index in [1.165, 1.54) is 24.7 Å².